The third-order valence-corrected chi connectivity index (χ3v) is 11.0. The number of carbonyl (C=O) groups excluding carboxylic acids is 1. The summed E-state index contributed by atoms with van der Waals surface area (Å²) in [4.78, 5) is 11.8. The van der Waals surface area contributed by atoms with Gasteiger partial charge < -0.3 is 18.6 Å². The van der Waals surface area contributed by atoms with E-state index in [4.69, 9.17) is 18.6 Å². The van der Waals surface area contributed by atoms with E-state index in [0.29, 0.717) is 19.0 Å². The molecule has 2 aromatic carbocycles. The highest BCUT2D eigenvalue weighted by atomic mass is 28.4. The van der Waals surface area contributed by atoms with Crippen molar-refractivity contribution in [3.63, 3.8) is 0 Å². The summed E-state index contributed by atoms with van der Waals surface area (Å²) in [5, 5.41) is 0. The molecule has 0 spiro atoms. The van der Waals surface area contributed by atoms with Gasteiger partial charge in [-0.25, -0.2) is 4.79 Å². The Morgan fingerprint density at radius 1 is 0.882 bits per heavy atom. The molecule has 0 bridgehead atoms. The number of methoxy groups -OCH3 is 2. The van der Waals surface area contributed by atoms with E-state index in [9.17, 15) is 4.79 Å². The molecule has 0 N–H and O–H groups in total. The van der Waals surface area contributed by atoms with E-state index in [-0.39, 0.29) is 12.1 Å². The highest BCUT2D eigenvalue weighted by Crippen LogP contribution is 2.32. The molecule has 2 rings (SSSR count). The summed E-state index contributed by atoms with van der Waals surface area (Å²) in [6.45, 7) is 7.59. The Morgan fingerprint density at radius 3 is 2.06 bits per heavy atom. The maximum absolute atomic E-state index is 11.8. The average molecular weight is 485 g/mol. The highest BCUT2D eigenvalue weighted by molar-refractivity contribution is 6.73. The quantitative estimate of drug-likeness (QED) is 0.0910. The first-order valence-corrected chi connectivity index (χ1v) is 14.7. The van der Waals surface area contributed by atoms with Gasteiger partial charge in [-0.1, -0.05) is 69.3 Å². The third kappa shape index (κ3) is 8.51. The van der Waals surface area contributed by atoms with Crippen molar-refractivity contribution in [3.8, 4) is 0 Å². The average Bonchev–Trinajstić information content (AvgIpc) is 2.89. The Labute approximate surface area is 206 Å². The normalized spacial score (nSPS) is 12.7. The first kappa shape index (κ1) is 28.0. The summed E-state index contributed by atoms with van der Waals surface area (Å²) in [6.07, 6.45) is 6.08. The molecule has 0 aliphatic carbocycles. The Kier molecular flexibility index (Phi) is 12.3. The Balaban J connectivity index is 2.07. The smallest absolute Gasteiger partial charge is 0.337 e. The monoisotopic (exact) mass is 484 g/mol. The van der Waals surface area contributed by atoms with Crippen LogP contribution in [0.4, 0.5) is 0 Å². The van der Waals surface area contributed by atoms with Crippen LogP contribution in [0.1, 0.15) is 60.3 Å². The van der Waals surface area contributed by atoms with Crippen molar-refractivity contribution in [2.75, 3.05) is 21.0 Å². The lowest BCUT2D eigenvalue weighted by Crippen LogP contribution is -2.37. The second-order valence-corrected chi connectivity index (χ2v) is 13.2. The van der Waals surface area contributed by atoms with Crippen LogP contribution in [0.25, 0.3) is 0 Å². The first-order valence-electron chi connectivity index (χ1n) is 12.2. The molecule has 1 unspecified atom stereocenters. The van der Waals surface area contributed by atoms with Gasteiger partial charge in [0.1, 0.15) is 6.79 Å². The minimum Gasteiger partial charge on any atom is -0.465 e. The fourth-order valence-electron chi connectivity index (χ4n) is 3.96. The fourth-order valence-corrected chi connectivity index (χ4v) is 6.80. The summed E-state index contributed by atoms with van der Waals surface area (Å²) < 4.78 is 22.0. The molecule has 1 atom stereocenters. The van der Waals surface area contributed by atoms with Crippen LogP contribution in [0.5, 0.6) is 0 Å². The number of esters is 1. The van der Waals surface area contributed by atoms with Crippen molar-refractivity contribution in [1.29, 1.82) is 0 Å². The van der Waals surface area contributed by atoms with Crippen molar-refractivity contribution in [3.05, 3.63) is 82.9 Å². The van der Waals surface area contributed by atoms with E-state index < -0.39 is 8.32 Å². The molecule has 0 heterocycles. The third-order valence-electron chi connectivity index (χ3n) is 6.39. The van der Waals surface area contributed by atoms with E-state index in [1.54, 1.807) is 7.11 Å². The second-order valence-electron chi connectivity index (χ2n) is 8.45. The number of ether oxygens (including phenoxy) is 3. The van der Waals surface area contributed by atoms with Gasteiger partial charge in [-0.05, 0) is 59.8 Å². The maximum atomic E-state index is 11.8. The molecule has 186 valence electrons. The van der Waals surface area contributed by atoms with Gasteiger partial charge in [0.2, 0.25) is 0 Å². The molecule has 0 saturated heterocycles. The lowest BCUT2D eigenvalue weighted by Gasteiger charge is -2.33. The zero-order valence-corrected chi connectivity index (χ0v) is 22.3. The van der Waals surface area contributed by atoms with Gasteiger partial charge in [-0.15, -0.1) is 0 Å². The molecule has 0 aliphatic rings. The zero-order valence-electron chi connectivity index (χ0n) is 21.3. The Hall–Kier alpha value is -2.25. The lowest BCUT2D eigenvalue weighted by atomic mass is 10.0. The molecular weight excluding hydrogens is 444 g/mol. The summed E-state index contributed by atoms with van der Waals surface area (Å²) in [5.74, 6) is -0.320. The molecule has 5 nitrogen and oxygen atoms in total. The maximum Gasteiger partial charge on any atom is 0.337 e. The van der Waals surface area contributed by atoms with Gasteiger partial charge >= 0.3 is 5.97 Å². The van der Waals surface area contributed by atoms with Crippen molar-refractivity contribution < 1.29 is 23.4 Å². The van der Waals surface area contributed by atoms with Crippen molar-refractivity contribution >= 4 is 14.3 Å². The molecule has 0 amide bonds. The number of rotatable bonds is 15. The molecule has 6 heteroatoms. The van der Waals surface area contributed by atoms with Crippen molar-refractivity contribution in [1.82, 2.24) is 0 Å². The van der Waals surface area contributed by atoms with Gasteiger partial charge in [0.15, 0.2) is 8.32 Å². The van der Waals surface area contributed by atoms with E-state index in [0.717, 1.165) is 42.1 Å². The SMILES string of the molecule is CC[Si](CC)(CC)OC(CC=CCc1ccc(COCOC)cc1)c1ccc(C(=O)OC)cc1. The predicted octanol–water partition coefficient (Wildman–Crippen LogP) is 6.85. The van der Waals surface area contributed by atoms with Crippen LogP contribution in [0.3, 0.4) is 0 Å². The van der Waals surface area contributed by atoms with Crippen LogP contribution >= 0.6 is 0 Å². The van der Waals surface area contributed by atoms with Gasteiger partial charge in [0.05, 0.1) is 25.4 Å². The van der Waals surface area contributed by atoms with Crippen LogP contribution in [-0.2, 0) is 31.7 Å². The standard InChI is InChI=1S/C28H40O5Si/c1-6-34(7-2,8-3)33-27(25-17-19-26(20-18-25)28(29)31-5)12-10-9-11-23-13-15-24(16-14-23)21-32-22-30-4/h9-10,13-20,27H,6-8,11-12,21-22H2,1-5H3. The summed E-state index contributed by atoms with van der Waals surface area (Å²) in [7, 11) is 1.23. The van der Waals surface area contributed by atoms with Crippen molar-refractivity contribution in [2.45, 2.75) is 64.5 Å². The van der Waals surface area contributed by atoms with Crippen LogP contribution in [0, 0.1) is 0 Å². The first-order chi connectivity index (χ1) is 16.5. The van der Waals surface area contributed by atoms with E-state index >= 15 is 0 Å². The summed E-state index contributed by atoms with van der Waals surface area (Å²) in [6, 6.07) is 19.4. The summed E-state index contributed by atoms with van der Waals surface area (Å²) >= 11 is 0. The lowest BCUT2D eigenvalue weighted by molar-refractivity contribution is -0.0390. The minimum atomic E-state index is -1.80. The van der Waals surface area contributed by atoms with Gasteiger partial charge in [0, 0.05) is 7.11 Å². The Morgan fingerprint density at radius 2 is 1.50 bits per heavy atom. The van der Waals surface area contributed by atoms with E-state index in [1.165, 1.54) is 12.7 Å². The van der Waals surface area contributed by atoms with Gasteiger partial charge in [-0.2, -0.15) is 0 Å². The molecule has 0 aliphatic heterocycles. The number of benzene rings is 2. The van der Waals surface area contributed by atoms with Crippen LogP contribution in [0.2, 0.25) is 18.1 Å². The molecule has 0 saturated carbocycles. The molecule has 34 heavy (non-hydrogen) atoms. The Bertz CT molecular complexity index is 864. The topological polar surface area (TPSA) is 54.0 Å². The highest BCUT2D eigenvalue weighted by Gasteiger charge is 2.32. The van der Waals surface area contributed by atoms with Crippen molar-refractivity contribution in [2.24, 2.45) is 0 Å². The fraction of sp³-hybridized carbons (Fsp3) is 0.464. The molecule has 0 fully saturated rings. The number of carbonyl (C=O) groups is 1. The number of allylic oxidation sites excluding steroid dienone is 1. The van der Waals surface area contributed by atoms with Crippen LogP contribution < -0.4 is 0 Å². The van der Waals surface area contributed by atoms with Gasteiger partial charge in [0.25, 0.3) is 0 Å². The van der Waals surface area contributed by atoms with E-state index in [2.05, 4.69) is 57.2 Å². The van der Waals surface area contributed by atoms with Gasteiger partial charge in [-0.3, -0.25) is 0 Å². The second kappa shape index (κ2) is 14.9. The number of hydrogen-bond acceptors (Lipinski definition) is 5. The molecule has 0 aromatic heterocycles. The summed E-state index contributed by atoms with van der Waals surface area (Å²) in [5.41, 5.74) is 4.05. The zero-order chi connectivity index (χ0) is 24.8. The predicted molar refractivity (Wildman–Crippen MR) is 139 cm³/mol. The molecule has 2 aromatic rings. The minimum absolute atomic E-state index is 0.0187. The van der Waals surface area contributed by atoms with Crippen LogP contribution in [-0.4, -0.2) is 35.3 Å². The largest absolute Gasteiger partial charge is 0.465 e. The molecular formula is C28H40O5Si. The number of hydrogen-bond donors (Lipinski definition) is 0. The van der Waals surface area contributed by atoms with Crippen LogP contribution in [0.15, 0.2) is 60.7 Å². The molecule has 0 radical (unpaired) electrons. The van der Waals surface area contributed by atoms with E-state index in [1.807, 2.05) is 24.3 Å².